The van der Waals surface area contributed by atoms with Crippen molar-refractivity contribution in [2.45, 2.75) is 37.8 Å². The molecule has 1 aromatic carbocycles. The standard InChI is InChI=1S/C17H19N3O2S2/c1-3-11(2)18-17(22)12-9-24-15(19-12)8-20-13-6-4-5-7-14(13)23-10-16(20)21/h4-7,9,11H,3,8,10H2,1-2H3,(H,18,22). The van der Waals surface area contributed by atoms with Crippen molar-refractivity contribution in [3.05, 3.63) is 40.3 Å². The van der Waals surface area contributed by atoms with Gasteiger partial charge in [-0.1, -0.05) is 19.1 Å². The largest absolute Gasteiger partial charge is 0.348 e. The molecule has 1 aliphatic rings. The van der Waals surface area contributed by atoms with E-state index in [1.54, 1.807) is 22.0 Å². The molecule has 126 valence electrons. The van der Waals surface area contributed by atoms with Crippen molar-refractivity contribution >= 4 is 40.6 Å². The zero-order chi connectivity index (χ0) is 17.1. The molecular formula is C17H19N3O2S2. The third-order valence-corrected chi connectivity index (χ3v) is 5.76. The van der Waals surface area contributed by atoms with E-state index >= 15 is 0 Å². The van der Waals surface area contributed by atoms with Gasteiger partial charge in [0.25, 0.3) is 5.91 Å². The van der Waals surface area contributed by atoms with Crippen molar-refractivity contribution in [3.8, 4) is 0 Å². The van der Waals surface area contributed by atoms with Crippen LogP contribution in [0.5, 0.6) is 0 Å². The number of hydrogen-bond donors (Lipinski definition) is 1. The number of para-hydroxylation sites is 1. The summed E-state index contributed by atoms with van der Waals surface area (Å²) in [6.07, 6.45) is 0.874. The summed E-state index contributed by atoms with van der Waals surface area (Å²) in [7, 11) is 0. The Morgan fingerprint density at radius 2 is 2.21 bits per heavy atom. The lowest BCUT2D eigenvalue weighted by Crippen LogP contribution is -2.35. The molecule has 0 bridgehead atoms. The third kappa shape index (κ3) is 3.62. The van der Waals surface area contributed by atoms with Gasteiger partial charge in [0.05, 0.1) is 18.0 Å². The van der Waals surface area contributed by atoms with Crippen LogP contribution in [0.2, 0.25) is 0 Å². The zero-order valence-electron chi connectivity index (χ0n) is 13.6. The average molecular weight is 361 g/mol. The summed E-state index contributed by atoms with van der Waals surface area (Å²) in [4.78, 5) is 31.7. The van der Waals surface area contributed by atoms with Crippen LogP contribution in [0.4, 0.5) is 5.69 Å². The van der Waals surface area contributed by atoms with Crippen LogP contribution in [0.15, 0.2) is 34.5 Å². The number of nitrogens with zero attached hydrogens (tertiary/aromatic N) is 2. The molecule has 0 fully saturated rings. The van der Waals surface area contributed by atoms with Gasteiger partial charge in [0.2, 0.25) is 5.91 Å². The van der Waals surface area contributed by atoms with E-state index < -0.39 is 0 Å². The minimum absolute atomic E-state index is 0.0690. The summed E-state index contributed by atoms with van der Waals surface area (Å²) in [5.41, 5.74) is 1.34. The molecule has 1 aromatic heterocycles. The number of benzene rings is 1. The number of thiazole rings is 1. The predicted octanol–water partition coefficient (Wildman–Crippen LogP) is 3.31. The van der Waals surface area contributed by atoms with E-state index in [0.717, 1.165) is 22.0 Å². The summed E-state index contributed by atoms with van der Waals surface area (Å²) >= 11 is 2.97. The number of hydrogen-bond acceptors (Lipinski definition) is 5. The van der Waals surface area contributed by atoms with Gasteiger partial charge in [0.1, 0.15) is 10.7 Å². The van der Waals surface area contributed by atoms with Gasteiger partial charge in [-0.3, -0.25) is 9.59 Å². The molecule has 2 aromatic rings. The van der Waals surface area contributed by atoms with Crippen molar-refractivity contribution in [2.75, 3.05) is 10.7 Å². The monoisotopic (exact) mass is 361 g/mol. The van der Waals surface area contributed by atoms with Crippen LogP contribution in [0.3, 0.4) is 0 Å². The van der Waals surface area contributed by atoms with Gasteiger partial charge in [-0.25, -0.2) is 4.98 Å². The topological polar surface area (TPSA) is 62.3 Å². The maximum atomic E-state index is 12.3. The van der Waals surface area contributed by atoms with E-state index in [1.807, 2.05) is 38.1 Å². The fourth-order valence-electron chi connectivity index (χ4n) is 2.35. The number of aromatic nitrogens is 1. The molecule has 0 spiro atoms. The first-order valence-corrected chi connectivity index (χ1v) is 9.72. The smallest absolute Gasteiger partial charge is 0.270 e. The lowest BCUT2D eigenvalue weighted by Gasteiger charge is -2.28. The number of fused-ring (bicyclic) bond motifs is 1. The number of rotatable bonds is 5. The number of anilines is 1. The molecule has 2 heterocycles. The Kier molecular flexibility index (Phi) is 5.20. The molecule has 0 radical (unpaired) electrons. The summed E-state index contributed by atoms with van der Waals surface area (Å²) in [6, 6.07) is 7.99. The predicted molar refractivity (Wildman–Crippen MR) is 97.7 cm³/mol. The highest BCUT2D eigenvalue weighted by Gasteiger charge is 2.25. The van der Waals surface area contributed by atoms with E-state index in [-0.39, 0.29) is 17.9 Å². The summed E-state index contributed by atoms with van der Waals surface area (Å²) < 4.78 is 0. The molecular weight excluding hydrogens is 342 g/mol. The zero-order valence-corrected chi connectivity index (χ0v) is 15.2. The van der Waals surface area contributed by atoms with Crippen LogP contribution >= 0.6 is 23.1 Å². The van der Waals surface area contributed by atoms with Gasteiger partial charge in [-0.15, -0.1) is 23.1 Å². The lowest BCUT2D eigenvalue weighted by molar-refractivity contribution is -0.116. The number of thioether (sulfide) groups is 1. The molecule has 5 nitrogen and oxygen atoms in total. The Morgan fingerprint density at radius 1 is 1.42 bits per heavy atom. The number of nitrogens with one attached hydrogen (secondary N) is 1. The highest BCUT2D eigenvalue weighted by atomic mass is 32.2. The Balaban J connectivity index is 1.75. The number of carbonyl (C=O) groups is 2. The Labute approximate surface area is 149 Å². The van der Waals surface area contributed by atoms with Gasteiger partial charge in [-0.05, 0) is 25.5 Å². The summed E-state index contributed by atoms with van der Waals surface area (Å²) in [6.45, 7) is 4.39. The first-order valence-electron chi connectivity index (χ1n) is 7.86. The quantitative estimate of drug-likeness (QED) is 0.887. The second kappa shape index (κ2) is 7.36. The molecule has 1 atom stereocenters. The molecule has 7 heteroatoms. The Hall–Kier alpha value is -1.86. The molecule has 0 aliphatic carbocycles. The van der Waals surface area contributed by atoms with Gasteiger partial charge < -0.3 is 10.2 Å². The van der Waals surface area contributed by atoms with Crippen LogP contribution in [-0.2, 0) is 11.3 Å². The molecule has 1 aliphatic heterocycles. The molecule has 0 saturated carbocycles. The summed E-state index contributed by atoms with van der Waals surface area (Å²) in [5.74, 6) is 0.344. The molecule has 0 saturated heterocycles. The van der Waals surface area contributed by atoms with E-state index in [2.05, 4.69) is 10.3 Å². The number of carbonyl (C=O) groups excluding carboxylic acids is 2. The molecule has 3 rings (SSSR count). The fraction of sp³-hybridized carbons (Fsp3) is 0.353. The molecule has 1 unspecified atom stereocenters. The Bertz CT molecular complexity index is 760. The van der Waals surface area contributed by atoms with Crippen molar-refractivity contribution in [2.24, 2.45) is 0 Å². The van der Waals surface area contributed by atoms with Gasteiger partial charge in [0.15, 0.2) is 0 Å². The minimum Gasteiger partial charge on any atom is -0.348 e. The second-order valence-electron chi connectivity index (χ2n) is 5.65. The number of amides is 2. The minimum atomic E-state index is -0.159. The van der Waals surface area contributed by atoms with Crippen LogP contribution in [0, 0.1) is 0 Å². The lowest BCUT2D eigenvalue weighted by atomic mass is 10.2. The van der Waals surface area contributed by atoms with E-state index in [4.69, 9.17) is 0 Å². The third-order valence-electron chi connectivity index (χ3n) is 3.88. The van der Waals surface area contributed by atoms with Crippen molar-refractivity contribution in [1.29, 1.82) is 0 Å². The molecule has 2 amide bonds. The van der Waals surface area contributed by atoms with E-state index in [0.29, 0.717) is 18.0 Å². The van der Waals surface area contributed by atoms with Crippen molar-refractivity contribution < 1.29 is 9.59 Å². The van der Waals surface area contributed by atoms with Crippen LogP contribution in [-0.4, -0.2) is 28.6 Å². The van der Waals surface area contributed by atoms with Crippen LogP contribution in [0.25, 0.3) is 0 Å². The summed E-state index contributed by atoms with van der Waals surface area (Å²) in [5, 5.41) is 5.42. The van der Waals surface area contributed by atoms with Crippen molar-refractivity contribution in [3.63, 3.8) is 0 Å². The highest BCUT2D eigenvalue weighted by Crippen LogP contribution is 2.35. The van der Waals surface area contributed by atoms with E-state index in [1.165, 1.54) is 11.3 Å². The average Bonchev–Trinajstić information content (AvgIpc) is 3.06. The molecule has 24 heavy (non-hydrogen) atoms. The first kappa shape index (κ1) is 17.0. The normalized spacial score (nSPS) is 15.1. The SMILES string of the molecule is CCC(C)NC(=O)c1csc(CN2C(=O)CSc3ccccc32)n1. The van der Waals surface area contributed by atoms with Gasteiger partial charge in [0, 0.05) is 16.3 Å². The van der Waals surface area contributed by atoms with Crippen molar-refractivity contribution in [1.82, 2.24) is 10.3 Å². The van der Waals surface area contributed by atoms with Gasteiger partial charge >= 0.3 is 0 Å². The van der Waals surface area contributed by atoms with Crippen LogP contribution < -0.4 is 10.2 Å². The molecule has 1 N–H and O–H groups in total. The van der Waals surface area contributed by atoms with Crippen LogP contribution in [0.1, 0.15) is 35.8 Å². The first-order chi connectivity index (χ1) is 11.6. The van der Waals surface area contributed by atoms with Gasteiger partial charge in [-0.2, -0.15) is 0 Å². The highest BCUT2D eigenvalue weighted by molar-refractivity contribution is 8.00. The fourth-order valence-corrected chi connectivity index (χ4v) is 4.05. The maximum absolute atomic E-state index is 12.3. The van der Waals surface area contributed by atoms with E-state index in [9.17, 15) is 9.59 Å². The Morgan fingerprint density at radius 3 is 3.00 bits per heavy atom. The second-order valence-corrected chi connectivity index (χ2v) is 7.61. The maximum Gasteiger partial charge on any atom is 0.270 e.